The summed E-state index contributed by atoms with van der Waals surface area (Å²) in [7, 11) is -3.87. The molecule has 2 aromatic heterocycles. The van der Waals surface area contributed by atoms with E-state index in [9.17, 15) is 28.2 Å². The first-order valence-corrected chi connectivity index (χ1v) is 12.4. The fraction of sp³-hybridized carbons (Fsp3) is 0.0370. The van der Waals surface area contributed by atoms with Crippen molar-refractivity contribution in [3.63, 3.8) is 0 Å². The Bertz CT molecular complexity index is 1790. The molecule has 5 rings (SSSR count). The van der Waals surface area contributed by atoms with E-state index in [1.54, 1.807) is 54.7 Å². The predicted molar refractivity (Wildman–Crippen MR) is 135 cm³/mol. The molecular weight excluding hydrogens is 480 g/mol. The predicted octanol–water partition coefficient (Wildman–Crippen LogP) is 4.16. The van der Waals surface area contributed by atoms with Crippen LogP contribution in [0.1, 0.15) is 15.9 Å². The van der Waals surface area contributed by atoms with Crippen molar-refractivity contribution in [1.29, 1.82) is 0 Å². The summed E-state index contributed by atoms with van der Waals surface area (Å²) >= 11 is 0. The van der Waals surface area contributed by atoms with E-state index in [1.807, 2.05) is 30.3 Å². The number of carboxylic acids is 1. The van der Waals surface area contributed by atoms with Crippen LogP contribution in [0.4, 0.5) is 0 Å². The Morgan fingerprint density at radius 3 is 2.22 bits per heavy atom. The van der Waals surface area contributed by atoms with E-state index in [0.29, 0.717) is 11.1 Å². The van der Waals surface area contributed by atoms with Crippen LogP contribution >= 0.6 is 0 Å². The van der Waals surface area contributed by atoms with Crippen LogP contribution in [-0.2, 0) is 16.6 Å². The number of hydrogen-bond donors (Lipinski definition) is 2. The van der Waals surface area contributed by atoms with E-state index in [0.717, 1.165) is 16.5 Å². The minimum atomic E-state index is -3.87. The van der Waals surface area contributed by atoms with Gasteiger partial charge < -0.3 is 14.8 Å². The van der Waals surface area contributed by atoms with E-state index in [1.165, 1.54) is 20.9 Å². The first-order chi connectivity index (χ1) is 17.3. The Labute approximate surface area is 206 Å². The number of aromatic carboxylic acids is 1. The number of hydrogen-bond acceptors (Lipinski definition) is 5. The molecule has 0 amide bonds. The van der Waals surface area contributed by atoms with Crippen molar-refractivity contribution in [2.45, 2.75) is 11.4 Å². The number of rotatable bonds is 6. The zero-order chi connectivity index (χ0) is 25.4. The van der Waals surface area contributed by atoms with E-state index >= 15 is 0 Å². The smallest absolute Gasteiger partial charge is 0.341 e. The second-order valence-corrected chi connectivity index (χ2v) is 10.0. The number of pyridine rings is 1. The van der Waals surface area contributed by atoms with Crippen molar-refractivity contribution in [1.82, 2.24) is 8.54 Å². The summed E-state index contributed by atoms with van der Waals surface area (Å²) in [6.07, 6.45) is 3.93. The molecule has 0 radical (unpaired) electrons. The van der Waals surface area contributed by atoms with Crippen molar-refractivity contribution in [3.05, 3.63) is 119 Å². The normalized spacial score (nSPS) is 11.6. The molecule has 36 heavy (non-hydrogen) atoms. The monoisotopic (exact) mass is 500 g/mol. The average molecular weight is 501 g/mol. The van der Waals surface area contributed by atoms with Crippen LogP contribution in [0.25, 0.3) is 22.0 Å². The van der Waals surface area contributed by atoms with Crippen molar-refractivity contribution in [2.75, 3.05) is 0 Å². The van der Waals surface area contributed by atoms with Crippen LogP contribution < -0.4 is 5.43 Å². The molecule has 0 bridgehead atoms. The maximum Gasteiger partial charge on any atom is 0.341 e. The van der Waals surface area contributed by atoms with Gasteiger partial charge in [-0.05, 0) is 29.3 Å². The van der Waals surface area contributed by atoms with E-state index in [4.69, 9.17) is 0 Å². The average Bonchev–Trinajstić information content (AvgIpc) is 3.27. The van der Waals surface area contributed by atoms with Crippen LogP contribution in [0.3, 0.4) is 0 Å². The zero-order valence-electron chi connectivity index (χ0n) is 18.8. The Morgan fingerprint density at radius 2 is 1.47 bits per heavy atom. The molecule has 2 N–H and O–H groups in total. The molecule has 0 atom stereocenters. The lowest BCUT2D eigenvalue weighted by molar-refractivity contribution is 0.0693. The van der Waals surface area contributed by atoms with Crippen LogP contribution in [0, 0.1) is 0 Å². The van der Waals surface area contributed by atoms with Gasteiger partial charge >= 0.3 is 5.97 Å². The topological polar surface area (TPSA) is 119 Å². The number of benzene rings is 3. The maximum atomic E-state index is 13.5. The highest BCUT2D eigenvalue weighted by Gasteiger charge is 2.22. The third kappa shape index (κ3) is 3.95. The Balaban J connectivity index is 1.67. The number of fused-ring (bicyclic) bond motifs is 1. The van der Waals surface area contributed by atoms with Crippen molar-refractivity contribution >= 4 is 26.9 Å². The molecule has 0 saturated carbocycles. The summed E-state index contributed by atoms with van der Waals surface area (Å²) in [5, 5.41) is 20.0. The summed E-state index contributed by atoms with van der Waals surface area (Å²) in [5.41, 5.74) is 1.15. The fourth-order valence-corrected chi connectivity index (χ4v) is 5.64. The SMILES string of the molecule is O=C(O)c1cn(Cc2ccccc2-c2cn(S(=O)(=O)c3ccccc3)c3ccccc23)cc(O)c1=O. The van der Waals surface area contributed by atoms with Gasteiger partial charge in [0.05, 0.1) is 16.6 Å². The van der Waals surface area contributed by atoms with Gasteiger partial charge in [-0.2, -0.15) is 0 Å². The lowest BCUT2D eigenvalue weighted by atomic mass is 9.99. The van der Waals surface area contributed by atoms with Gasteiger partial charge in [-0.15, -0.1) is 0 Å². The molecule has 0 fully saturated rings. The first-order valence-electron chi connectivity index (χ1n) is 10.9. The van der Waals surface area contributed by atoms with Gasteiger partial charge in [0.1, 0.15) is 5.56 Å². The Morgan fingerprint density at radius 1 is 0.806 bits per heavy atom. The highest BCUT2D eigenvalue weighted by atomic mass is 32.2. The van der Waals surface area contributed by atoms with Gasteiger partial charge in [-0.25, -0.2) is 17.2 Å². The molecule has 180 valence electrons. The van der Waals surface area contributed by atoms with Gasteiger partial charge in [-0.1, -0.05) is 60.7 Å². The summed E-state index contributed by atoms with van der Waals surface area (Å²) in [4.78, 5) is 23.6. The molecule has 3 aromatic carbocycles. The fourth-order valence-electron chi connectivity index (χ4n) is 4.25. The number of carboxylic acid groups (broad SMARTS) is 1. The second kappa shape index (κ2) is 8.86. The quantitative estimate of drug-likeness (QED) is 0.361. The molecule has 0 aliphatic carbocycles. The van der Waals surface area contributed by atoms with Crippen LogP contribution in [-0.4, -0.2) is 33.1 Å². The summed E-state index contributed by atoms with van der Waals surface area (Å²) in [6.45, 7) is 0.134. The highest BCUT2D eigenvalue weighted by molar-refractivity contribution is 7.90. The van der Waals surface area contributed by atoms with Crippen LogP contribution in [0.15, 0.2) is 107 Å². The van der Waals surface area contributed by atoms with Crippen molar-refractivity contribution in [2.24, 2.45) is 0 Å². The van der Waals surface area contributed by atoms with E-state index in [-0.39, 0.29) is 11.4 Å². The number of nitrogens with zero attached hydrogens (tertiary/aromatic N) is 2. The number of carbonyl (C=O) groups is 1. The van der Waals surface area contributed by atoms with Gasteiger partial charge in [0, 0.05) is 29.9 Å². The molecule has 0 saturated heterocycles. The van der Waals surface area contributed by atoms with Crippen LogP contribution in [0.2, 0.25) is 0 Å². The van der Waals surface area contributed by atoms with E-state index in [2.05, 4.69) is 0 Å². The van der Waals surface area contributed by atoms with Crippen molar-refractivity contribution in [3.8, 4) is 16.9 Å². The summed E-state index contributed by atoms with van der Waals surface area (Å²) in [5.74, 6) is -2.11. The van der Waals surface area contributed by atoms with Crippen molar-refractivity contribution < 1.29 is 23.4 Å². The standard InChI is InChI=1S/C27H20N2O6S/c30-25-17-28(15-23(26(25)31)27(32)33)14-18-8-4-5-11-20(18)22-16-29(24-13-7-6-12-21(22)24)36(34,35)19-9-2-1-3-10-19/h1-13,15-17,30H,14H2,(H,32,33). The van der Waals surface area contributed by atoms with Gasteiger partial charge in [-0.3, -0.25) is 4.79 Å². The Hall–Kier alpha value is -4.63. The molecular formula is C27H20N2O6S. The molecule has 0 unspecified atom stereocenters. The lowest BCUT2D eigenvalue weighted by Crippen LogP contribution is -2.17. The minimum Gasteiger partial charge on any atom is -0.503 e. The third-order valence-electron chi connectivity index (χ3n) is 5.93. The molecule has 0 aliphatic rings. The number of para-hydroxylation sites is 1. The molecule has 0 aliphatic heterocycles. The Kier molecular flexibility index (Phi) is 5.69. The summed E-state index contributed by atoms with van der Waals surface area (Å²) < 4.78 is 29.6. The van der Waals surface area contributed by atoms with Gasteiger partial charge in [0.25, 0.3) is 10.0 Å². The highest BCUT2D eigenvalue weighted by Crippen LogP contribution is 2.35. The lowest BCUT2D eigenvalue weighted by Gasteiger charge is -2.13. The number of aromatic nitrogens is 2. The largest absolute Gasteiger partial charge is 0.503 e. The second-order valence-electron chi connectivity index (χ2n) is 8.19. The summed E-state index contributed by atoms with van der Waals surface area (Å²) in [6, 6.07) is 22.6. The molecule has 5 aromatic rings. The molecule has 8 nitrogen and oxygen atoms in total. The first kappa shape index (κ1) is 23.1. The maximum absolute atomic E-state index is 13.5. The zero-order valence-corrected chi connectivity index (χ0v) is 19.6. The minimum absolute atomic E-state index is 0.134. The van der Waals surface area contributed by atoms with Gasteiger partial charge in [0.15, 0.2) is 5.75 Å². The van der Waals surface area contributed by atoms with E-state index < -0.39 is 32.7 Å². The van der Waals surface area contributed by atoms with Gasteiger partial charge in [0.2, 0.25) is 5.43 Å². The molecule has 2 heterocycles. The molecule has 0 spiro atoms. The molecule has 9 heteroatoms. The third-order valence-corrected chi connectivity index (χ3v) is 7.62. The van der Waals surface area contributed by atoms with Crippen LogP contribution in [0.5, 0.6) is 5.75 Å². The number of aromatic hydroxyl groups is 1.